The van der Waals surface area contributed by atoms with Crippen LogP contribution in [0.25, 0.3) is 0 Å². The number of nitrogens with one attached hydrogen (secondary N) is 1. The maximum Gasteiger partial charge on any atom is 0.106 e. The fourth-order valence-corrected chi connectivity index (χ4v) is 1.94. The number of aryl methyl sites for hydroxylation is 1. The number of rotatable bonds is 5. The van der Waals surface area contributed by atoms with E-state index in [9.17, 15) is 0 Å². The number of hydrogen-bond acceptors (Lipinski definition) is 3. The number of anilines is 1. The largest absolute Gasteiger partial charge is 0.389 e. The first-order valence-electron chi connectivity index (χ1n) is 5.77. The average molecular weight is 260 g/mol. The van der Waals surface area contributed by atoms with Gasteiger partial charge in [0.2, 0.25) is 0 Å². The second-order valence-electron chi connectivity index (χ2n) is 4.14. The van der Waals surface area contributed by atoms with Crippen LogP contribution in [-0.2, 0) is 6.54 Å². The summed E-state index contributed by atoms with van der Waals surface area (Å²) < 4.78 is 2.02. The zero-order chi connectivity index (χ0) is 13.0. The van der Waals surface area contributed by atoms with Crippen LogP contribution in [-0.4, -0.2) is 21.1 Å². The van der Waals surface area contributed by atoms with Crippen LogP contribution in [0.5, 0.6) is 0 Å². The van der Waals surface area contributed by atoms with E-state index in [4.69, 9.17) is 18.0 Å². The summed E-state index contributed by atoms with van der Waals surface area (Å²) in [7, 11) is 0. The number of benzene rings is 1. The number of aromatic nitrogens is 2. The standard InChI is InChI=1S/C13H16N4S/c1-10-2-3-11(13(14)18)12(8-10)16-5-7-17-6-4-15-9-17/h2-4,6,8-9,16H,5,7H2,1H3,(H2,14,18). The Bertz CT molecular complexity index is 534. The smallest absolute Gasteiger partial charge is 0.106 e. The first-order valence-corrected chi connectivity index (χ1v) is 6.17. The minimum absolute atomic E-state index is 0.417. The highest BCUT2D eigenvalue weighted by atomic mass is 32.1. The molecule has 0 aliphatic rings. The molecule has 0 aliphatic heterocycles. The van der Waals surface area contributed by atoms with Gasteiger partial charge in [-0.05, 0) is 24.6 Å². The highest BCUT2D eigenvalue weighted by Gasteiger charge is 2.04. The fourth-order valence-electron chi connectivity index (χ4n) is 1.76. The summed E-state index contributed by atoms with van der Waals surface area (Å²) in [5.74, 6) is 0. The van der Waals surface area contributed by atoms with Gasteiger partial charge in [0.1, 0.15) is 4.99 Å². The Balaban J connectivity index is 2.03. The second kappa shape index (κ2) is 5.64. The second-order valence-corrected chi connectivity index (χ2v) is 4.58. The quantitative estimate of drug-likeness (QED) is 0.807. The number of thiocarbonyl (C=S) groups is 1. The van der Waals surface area contributed by atoms with E-state index in [1.165, 1.54) is 5.56 Å². The predicted octanol–water partition coefficient (Wildman–Crippen LogP) is 1.94. The van der Waals surface area contributed by atoms with Crippen molar-refractivity contribution in [2.45, 2.75) is 13.5 Å². The van der Waals surface area contributed by atoms with Gasteiger partial charge < -0.3 is 15.6 Å². The Labute approximate surface area is 112 Å². The molecule has 0 saturated heterocycles. The van der Waals surface area contributed by atoms with Crippen LogP contribution in [0.2, 0.25) is 0 Å². The van der Waals surface area contributed by atoms with E-state index in [0.717, 1.165) is 24.3 Å². The Morgan fingerprint density at radius 2 is 2.33 bits per heavy atom. The lowest BCUT2D eigenvalue weighted by Crippen LogP contribution is -2.15. The van der Waals surface area contributed by atoms with Crippen molar-refractivity contribution in [2.75, 3.05) is 11.9 Å². The third-order valence-electron chi connectivity index (χ3n) is 2.69. The molecule has 1 aromatic heterocycles. The zero-order valence-corrected chi connectivity index (χ0v) is 11.1. The van der Waals surface area contributed by atoms with E-state index in [0.29, 0.717) is 4.99 Å². The monoisotopic (exact) mass is 260 g/mol. The van der Waals surface area contributed by atoms with E-state index >= 15 is 0 Å². The third-order valence-corrected chi connectivity index (χ3v) is 2.91. The molecule has 0 atom stereocenters. The summed E-state index contributed by atoms with van der Waals surface area (Å²) in [6.07, 6.45) is 5.51. The van der Waals surface area contributed by atoms with E-state index in [1.54, 1.807) is 12.5 Å². The first-order chi connectivity index (χ1) is 8.66. The van der Waals surface area contributed by atoms with Crippen LogP contribution in [0, 0.1) is 6.92 Å². The van der Waals surface area contributed by atoms with Gasteiger partial charge in [0.25, 0.3) is 0 Å². The molecule has 0 spiro atoms. The van der Waals surface area contributed by atoms with Gasteiger partial charge in [0.15, 0.2) is 0 Å². The molecule has 0 bridgehead atoms. The molecule has 0 unspecified atom stereocenters. The van der Waals surface area contributed by atoms with E-state index < -0.39 is 0 Å². The number of hydrogen-bond donors (Lipinski definition) is 2. The predicted molar refractivity (Wildman–Crippen MR) is 77.8 cm³/mol. The lowest BCUT2D eigenvalue weighted by atomic mass is 10.1. The molecular weight excluding hydrogens is 244 g/mol. The highest BCUT2D eigenvalue weighted by Crippen LogP contribution is 2.17. The van der Waals surface area contributed by atoms with Crippen molar-refractivity contribution in [3.63, 3.8) is 0 Å². The van der Waals surface area contributed by atoms with Crippen molar-refractivity contribution in [2.24, 2.45) is 5.73 Å². The van der Waals surface area contributed by atoms with Crippen molar-refractivity contribution in [1.82, 2.24) is 9.55 Å². The summed E-state index contributed by atoms with van der Waals surface area (Å²) >= 11 is 5.05. The SMILES string of the molecule is Cc1ccc(C(N)=S)c(NCCn2ccnc2)c1. The minimum atomic E-state index is 0.417. The first kappa shape index (κ1) is 12.6. The Hall–Kier alpha value is -1.88. The molecular formula is C13H16N4S. The Morgan fingerprint density at radius 3 is 3.00 bits per heavy atom. The van der Waals surface area contributed by atoms with Crippen molar-refractivity contribution >= 4 is 22.9 Å². The normalized spacial score (nSPS) is 10.3. The molecule has 4 nitrogen and oxygen atoms in total. The highest BCUT2D eigenvalue weighted by molar-refractivity contribution is 7.80. The maximum absolute atomic E-state index is 5.71. The van der Waals surface area contributed by atoms with Gasteiger partial charge in [0.05, 0.1) is 6.33 Å². The van der Waals surface area contributed by atoms with Crippen LogP contribution in [0.15, 0.2) is 36.9 Å². The van der Waals surface area contributed by atoms with Crippen molar-refractivity contribution in [1.29, 1.82) is 0 Å². The minimum Gasteiger partial charge on any atom is -0.389 e. The van der Waals surface area contributed by atoms with Crippen LogP contribution >= 0.6 is 12.2 Å². The summed E-state index contributed by atoms with van der Waals surface area (Å²) in [5, 5.41) is 3.36. The van der Waals surface area contributed by atoms with E-state index in [-0.39, 0.29) is 0 Å². The lowest BCUT2D eigenvalue weighted by molar-refractivity contribution is 0.727. The zero-order valence-electron chi connectivity index (χ0n) is 10.3. The third kappa shape index (κ3) is 3.07. The molecule has 1 heterocycles. The summed E-state index contributed by atoms with van der Waals surface area (Å²) in [5.41, 5.74) is 8.77. The number of nitrogens with two attached hydrogens (primary N) is 1. The molecule has 1 aromatic carbocycles. The van der Waals surface area contributed by atoms with Gasteiger partial charge in [-0.1, -0.05) is 18.3 Å². The van der Waals surface area contributed by atoms with Crippen LogP contribution in [0.1, 0.15) is 11.1 Å². The average Bonchev–Trinajstić information content (AvgIpc) is 2.82. The lowest BCUT2D eigenvalue weighted by Gasteiger charge is -2.12. The van der Waals surface area contributed by atoms with Crippen LogP contribution in [0.3, 0.4) is 0 Å². The van der Waals surface area contributed by atoms with Gasteiger partial charge in [0, 0.05) is 36.7 Å². The summed E-state index contributed by atoms with van der Waals surface area (Å²) in [4.78, 5) is 4.42. The molecule has 5 heteroatoms. The molecule has 0 aliphatic carbocycles. The number of nitrogens with zero attached hydrogens (tertiary/aromatic N) is 2. The summed E-state index contributed by atoms with van der Waals surface area (Å²) in [6.45, 7) is 3.70. The summed E-state index contributed by atoms with van der Waals surface area (Å²) in [6, 6.07) is 6.02. The van der Waals surface area contributed by atoms with E-state index in [1.807, 2.05) is 29.8 Å². The van der Waals surface area contributed by atoms with Crippen molar-refractivity contribution in [3.05, 3.63) is 48.0 Å². The molecule has 0 saturated carbocycles. The molecule has 0 radical (unpaired) electrons. The Morgan fingerprint density at radius 1 is 1.50 bits per heavy atom. The maximum atomic E-state index is 5.71. The van der Waals surface area contributed by atoms with Gasteiger partial charge in [-0.25, -0.2) is 4.98 Å². The number of imidazole rings is 1. The molecule has 0 fully saturated rings. The fraction of sp³-hybridized carbons (Fsp3) is 0.231. The van der Waals surface area contributed by atoms with Gasteiger partial charge in [-0.2, -0.15) is 0 Å². The molecule has 94 valence electrons. The van der Waals surface area contributed by atoms with Crippen molar-refractivity contribution in [3.8, 4) is 0 Å². The van der Waals surface area contributed by atoms with Crippen LogP contribution in [0.4, 0.5) is 5.69 Å². The van der Waals surface area contributed by atoms with Gasteiger partial charge >= 0.3 is 0 Å². The van der Waals surface area contributed by atoms with Crippen molar-refractivity contribution < 1.29 is 0 Å². The molecule has 2 rings (SSSR count). The topological polar surface area (TPSA) is 55.9 Å². The van der Waals surface area contributed by atoms with E-state index in [2.05, 4.69) is 16.4 Å². The molecule has 18 heavy (non-hydrogen) atoms. The molecule has 3 N–H and O–H groups in total. The van der Waals surface area contributed by atoms with Crippen LogP contribution < -0.4 is 11.1 Å². The Kier molecular flexibility index (Phi) is 3.94. The molecule has 2 aromatic rings. The van der Waals surface area contributed by atoms with Gasteiger partial charge in [-0.15, -0.1) is 0 Å². The molecule has 0 amide bonds. The van der Waals surface area contributed by atoms with Gasteiger partial charge in [-0.3, -0.25) is 0 Å².